The molecule has 2 aromatic rings. The second kappa shape index (κ2) is 13.0. The first-order chi connectivity index (χ1) is 17.7. The lowest BCUT2D eigenvalue weighted by Gasteiger charge is -2.30. The maximum atomic E-state index is 13.4. The van der Waals surface area contributed by atoms with Crippen molar-refractivity contribution in [2.75, 3.05) is 11.1 Å². The monoisotopic (exact) mass is 584 g/mol. The van der Waals surface area contributed by atoms with E-state index in [9.17, 15) is 18.0 Å². The van der Waals surface area contributed by atoms with Gasteiger partial charge in [0.2, 0.25) is 5.91 Å². The Kier molecular flexibility index (Phi) is 10.1. The zero-order valence-electron chi connectivity index (χ0n) is 20.8. The summed E-state index contributed by atoms with van der Waals surface area (Å²) in [4.78, 5) is 30.9. The first-order valence-electron chi connectivity index (χ1n) is 13.1. The maximum Gasteiger partial charge on any atom is 0.230 e. The summed E-state index contributed by atoms with van der Waals surface area (Å²) >= 11 is 13.4. The van der Waals surface area contributed by atoms with Crippen LogP contribution in [-0.4, -0.2) is 30.8 Å². The normalized spacial score (nSPS) is 22.4. The minimum atomic E-state index is -3.43. The van der Waals surface area contributed by atoms with Crippen molar-refractivity contribution in [2.24, 2.45) is 23.7 Å². The van der Waals surface area contributed by atoms with Crippen LogP contribution in [0.15, 0.2) is 29.8 Å². The van der Waals surface area contributed by atoms with Crippen LogP contribution >= 0.6 is 34.5 Å². The summed E-state index contributed by atoms with van der Waals surface area (Å²) in [5.41, 5.74) is 0.562. The Hall–Kier alpha value is -1.48. The molecule has 1 aromatic carbocycles. The van der Waals surface area contributed by atoms with Gasteiger partial charge in [0.05, 0.1) is 11.5 Å². The molecule has 6 nitrogen and oxygen atoms in total. The molecule has 0 saturated heterocycles. The molecule has 0 spiro atoms. The first-order valence-corrected chi connectivity index (χ1v) is 16.5. The van der Waals surface area contributed by atoms with Crippen LogP contribution in [0, 0.1) is 23.7 Å². The van der Waals surface area contributed by atoms with Gasteiger partial charge in [-0.05, 0) is 61.3 Å². The summed E-state index contributed by atoms with van der Waals surface area (Å²) in [5, 5.41) is 6.10. The zero-order valence-corrected chi connectivity index (χ0v) is 24.0. The Morgan fingerprint density at radius 2 is 1.76 bits per heavy atom. The predicted octanol–water partition coefficient (Wildman–Crippen LogP) is 6.97. The third kappa shape index (κ3) is 8.50. The van der Waals surface area contributed by atoms with E-state index in [2.05, 4.69) is 10.3 Å². The fourth-order valence-corrected chi connectivity index (χ4v) is 8.88. The molecule has 2 unspecified atom stereocenters. The molecule has 37 heavy (non-hydrogen) atoms. The molecule has 2 aliphatic carbocycles. The molecule has 2 saturated carbocycles. The second-order valence-corrected chi connectivity index (χ2v) is 14.4. The third-order valence-corrected chi connectivity index (χ3v) is 10.6. The van der Waals surface area contributed by atoms with E-state index in [-0.39, 0.29) is 35.0 Å². The van der Waals surface area contributed by atoms with Gasteiger partial charge in [0.1, 0.15) is 5.78 Å². The second-order valence-electron chi connectivity index (χ2n) is 10.6. The number of aromatic nitrogens is 1. The van der Waals surface area contributed by atoms with Crippen LogP contribution in [-0.2, 0) is 25.2 Å². The number of ketones is 1. The smallest absolute Gasteiger partial charge is 0.230 e. The molecule has 2 aliphatic rings. The molecular weight excluding hydrogens is 551 g/mol. The number of halogens is 2. The van der Waals surface area contributed by atoms with E-state index in [1.807, 2.05) is 5.38 Å². The van der Waals surface area contributed by atoms with Crippen LogP contribution in [0.3, 0.4) is 0 Å². The summed E-state index contributed by atoms with van der Waals surface area (Å²) in [6.07, 6.45) is 10.1. The van der Waals surface area contributed by atoms with Crippen molar-refractivity contribution in [2.45, 2.75) is 70.0 Å². The molecule has 202 valence electrons. The number of benzene rings is 1. The van der Waals surface area contributed by atoms with Gasteiger partial charge in [-0.1, -0.05) is 55.3 Å². The molecule has 0 aliphatic heterocycles. The van der Waals surface area contributed by atoms with E-state index in [0.717, 1.165) is 12.8 Å². The minimum Gasteiger partial charge on any atom is -0.302 e. The van der Waals surface area contributed by atoms with Gasteiger partial charge >= 0.3 is 0 Å². The van der Waals surface area contributed by atoms with Gasteiger partial charge in [0, 0.05) is 39.9 Å². The van der Waals surface area contributed by atoms with Crippen LogP contribution < -0.4 is 5.32 Å². The highest BCUT2D eigenvalue weighted by Gasteiger charge is 2.38. The van der Waals surface area contributed by atoms with Gasteiger partial charge in [-0.15, -0.1) is 11.3 Å². The topological polar surface area (TPSA) is 93.2 Å². The van der Waals surface area contributed by atoms with Gasteiger partial charge in [-0.3, -0.25) is 9.59 Å². The summed E-state index contributed by atoms with van der Waals surface area (Å²) in [7, 11) is -3.43. The lowest BCUT2D eigenvalue weighted by Crippen LogP contribution is -2.35. The number of nitrogens with zero attached hydrogens (tertiary/aromatic N) is 1. The lowest BCUT2D eigenvalue weighted by molar-refractivity contribution is -0.131. The molecule has 1 aromatic heterocycles. The number of amides is 1. The van der Waals surface area contributed by atoms with Gasteiger partial charge < -0.3 is 5.32 Å². The van der Waals surface area contributed by atoms with Crippen LogP contribution in [0.5, 0.6) is 0 Å². The number of rotatable bonds is 9. The fourth-order valence-electron chi connectivity index (χ4n) is 5.93. The maximum absolute atomic E-state index is 13.4. The highest BCUT2D eigenvalue weighted by atomic mass is 35.5. The van der Waals surface area contributed by atoms with Crippen LogP contribution in [0.1, 0.15) is 69.8 Å². The number of hydrogen-bond acceptors (Lipinski definition) is 6. The van der Waals surface area contributed by atoms with Gasteiger partial charge in [0.15, 0.2) is 15.0 Å². The van der Waals surface area contributed by atoms with Crippen LogP contribution in [0.4, 0.5) is 5.13 Å². The molecule has 1 heterocycles. The molecular formula is C27H34Cl2N2O4S2. The van der Waals surface area contributed by atoms with E-state index >= 15 is 0 Å². The lowest BCUT2D eigenvalue weighted by atomic mass is 9.75. The number of thiazole rings is 1. The number of Topliss-reactive ketones (excluding diaryl/α,β-unsaturated/α-hetero) is 1. The Balaban J connectivity index is 1.43. The van der Waals surface area contributed by atoms with Crippen molar-refractivity contribution in [1.29, 1.82) is 0 Å². The van der Waals surface area contributed by atoms with Crippen molar-refractivity contribution in [3.63, 3.8) is 0 Å². The number of nitrogens with one attached hydrogen (secondary N) is 1. The largest absolute Gasteiger partial charge is 0.302 e. The molecule has 10 heteroatoms. The third-order valence-electron chi connectivity index (χ3n) is 7.69. The molecule has 0 bridgehead atoms. The van der Waals surface area contributed by atoms with Gasteiger partial charge in [-0.25, -0.2) is 13.4 Å². The molecule has 0 radical (unpaired) electrons. The van der Waals surface area contributed by atoms with Gasteiger partial charge in [-0.2, -0.15) is 0 Å². The first kappa shape index (κ1) is 28.5. The van der Waals surface area contributed by atoms with E-state index in [1.54, 1.807) is 24.4 Å². The van der Waals surface area contributed by atoms with Gasteiger partial charge in [0.25, 0.3) is 0 Å². The molecule has 4 rings (SSSR count). The Bertz CT molecular complexity index is 1160. The summed E-state index contributed by atoms with van der Waals surface area (Å²) in [6.45, 7) is 0. The number of carbonyl (C=O) groups is 2. The number of hydrogen-bond donors (Lipinski definition) is 1. The highest BCUT2D eigenvalue weighted by Crippen LogP contribution is 2.38. The average molecular weight is 586 g/mol. The van der Waals surface area contributed by atoms with E-state index in [4.69, 9.17) is 23.2 Å². The van der Waals surface area contributed by atoms with Crippen LogP contribution in [0.25, 0.3) is 0 Å². The van der Waals surface area contributed by atoms with E-state index < -0.39 is 15.8 Å². The van der Waals surface area contributed by atoms with Crippen molar-refractivity contribution in [3.05, 3.63) is 45.4 Å². The summed E-state index contributed by atoms with van der Waals surface area (Å²) in [6, 6.07) is 4.81. The van der Waals surface area contributed by atoms with Crippen molar-refractivity contribution in [3.8, 4) is 0 Å². The Labute approximate surface area is 233 Å². The molecule has 1 N–H and O–H groups in total. The molecule has 3 atom stereocenters. The number of carbonyl (C=O) groups excluding carboxylic acids is 2. The number of sulfone groups is 1. The Morgan fingerprint density at radius 3 is 2.43 bits per heavy atom. The van der Waals surface area contributed by atoms with Crippen molar-refractivity contribution >= 4 is 61.2 Å². The highest BCUT2D eigenvalue weighted by molar-refractivity contribution is 7.90. The average Bonchev–Trinajstić information content (AvgIpc) is 3.27. The SMILES string of the molecule is O=C1CCC(CS(=O)(=O)Cc2cc(Cl)cc(Cl)c2)CCC1[C@@H](CC1CCCCC1)C(=O)Nc1nccs1. The zero-order chi connectivity index (χ0) is 26.4. The molecule has 2 fully saturated rings. The quantitative estimate of drug-likeness (QED) is 0.321. The van der Waals surface area contributed by atoms with Crippen molar-refractivity contribution < 1.29 is 18.0 Å². The fraction of sp³-hybridized carbons (Fsp3) is 0.593. The van der Waals surface area contributed by atoms with Crippen molar-refractivity contribution in [1.82, 2.24) is 4.98 Å². The minimum absolute atomic E-state index is 0.00966. The number of anilines is 1. The van der Waals surface area contributed by atoms with E-state index in [0.29, 0.717) is 58.8 Å². The predicted molar refractivity (Wildman–Crippen MR) is 150 cm³/mol. The van der Waals surface area contributed by atoms with E-state index in [1.165, 1.54) is 30.6 Å². The standard InChI is InChI=1S/C27H34Cl2N2O4S2/c28-21-12-20(13-22(29)15-21)17-37(34,35)16-19-6-8-23(25(32)9-7-19)24(14-18-4-2-1-3-5-18)26(33)31-27-30-10-11-36-27/h10-13,15,18-19,23-24H,1-9,14,16-17H2,(H,30,31,33)/t19?,23?,24-/m1/s1. The summed E-state index contributed by atoms with van der Waals surface area (Å²) < 4.78 is 26.0. The Morgan fingerprint density at radius 1 is 1.03 bits per heavy atom. The van der Waals surface area contributed by atoms with Crippen LogP contribution in [0.2, 0.25) is 10.0 Å². The summed E-state index contributed by atoms with van der Waals surface area (Å²) in [5.74, 6) is -0.662. The molecule has 1 amide bonds.